The Morgan fingerprint density at radius 2 is 1.79 bits per heavy atom. The zero-order valence-electron chi connectivity index (χ0n) is 22.4. The molecule has 1 fully saturated rings. The van der Waals surface area contributed by atoms with Crippen LogP contribution in [0, 0.1) is 0 Å². The van der Waals surface area contributed by atoms with E-state index in [0.29, 0.717) is 32.1 Å². The van der Waals surface area contributed by atoms with Gasteiger partial charge in [0.15, 0.2) is 0 Å². The summed E-state index contributed by atoms with van der Waals surface area (Å²) in [5, 5.41) is 7.24. The van der Waals surface area contributed by atoms with E-state index in [0.717, 1.165) is 11.8 Å². The molecule has 1 rings (SSSR count). The maximum absolute atomic E-state index is 13.0. The summed E-state index contributed by atoms with van der Waals surface area (Å²) in [5.41, 5.74) is -0.612. The normalized spacial score (nSPS) is 17.0. The van der Waals surface area contributed by atoms with Gasteiger partial charge in [0.2, 0.25) is 23.6 Å². The van der Waals surface area contributed by atoms with Crippen molar-refractivity contribution < 1.29 is 38.2 Å². The number of likely N-dealkylation sites (tertiary alicyclic amines) is 1. The third-order valence-electron chi connectivity index (χ3n) is 5.25. The highest BCUT2D eigenvalue weighted by atomic mass is 32.2. The van der Waals surface area contributed by atoms with Crippen molar-refractivity contribution in [3.63, 3.8) is 0 Å². The number of imide groups is 1. The van der Waals surface area contributed by atoms with E-state index in [4.69, 9.17) is 9.47 Å². The molecule has 15 heteroatoms. The van der Waals surface area contributed by atoms with E-state index in [-0.39, 0.29) is 42.5 Å². The number of ether oxygens (including phenoxy) is 2. The lowest BCUT2D eigenvalue weighted by molar-refractivity contribution is -0.144. The molecule has 216 valence electrons. The number of unbranched alkanes of at least 4 members (excludes halogenated alkanes) is 1. The summed E-state index contributed by atoms with van der Waals surface area (Å²) in [6.07, 6.45) is 1.42. The van der Waals surface area contributed by atoms with Gasteiger partial charge >= 0.3 is 12.1 Å². The third kappa shape index (κ3) is 12.3. The fraction of sp³-hybridized carbons (Fsp3) is 0.739. The SMILES string of the molecule is COC(=O)C(CSC1CC(=O)N(CCP)C1=O)NC(=O)C(CCCCNC(=O)OC(C)(C)C)NC(=O)CP. The Morgan fingerprint density at radius 1 is 1.11 bits per heavy atom. The molecule has 0 spiro atoms. The Morgan fingerprint density at radius 3 is 2.37 bits per heavy atom. The Bertz CT molecular complexity index is 871. The molecule has 0 aromatic carbocycles. The maximum Gasteiger partial charge on any atom is 0.407 e. The molecule has 5 unspecified atom stereocenters. The first-order chi connectivity index (χ1) is 17.8. The first-order valence-corrected chi connectivity index (χ1v) is 15.0. The van der Waals surface area contributed by atoms with Crippen molar-refractivity contribution in [2.24, 2.45) is 0 Å². The van der Waals surface area contributed by atoms with E-state index < -0.39 is 40.9 Å². The molecule has 0 radical (unpaired) electrons. The fourth-order valence-corrected chi connectivity index (χ4v) is 4.99. The average Bonchev–Trinajstić information content (AvgIpc) is 3.11. The minimum atomic E-state index is -1.08. The van der Waals surface area contributed by atoms with Gasteiger partial charge in [-0.25, -0.2) is 9.59 Å². The molecule has 5 amide bonds. The van der Waals surface area contributed by atoms with Gasteiger partial charge in [-0.15, -0.1) is 30.2 Å². The summed E-state index contributed by atoms with van der Waals surface area (Å²) < 4.78 is 9.99. The summed E-state index contributed by atoms with van der Waals surface area (Å²) in [4.78, 5) is 75.0. The summed E-state index contributed by atoms with van der Waals surface area (Å²) in [5.74, 6) is -2.22. The molecular weight excluding hydrogens is 554 g/mol. The van der Waals surface area contributed by atoms with Crippen LogP contribution >= 0.6 is 30.2 Å². The van der Waals surface area contributed by atoms with Crippen molar-refractivity contribution in [1.82, 2.24) is 20.9 Å². The Kier molecular flexibility index (Phi) is 15.1. The lowest BCUT2D eigenvalue weighted by Crippen LogP contribution is -2.53. The van der Waals surface area contributed by atoms with E-state index in [1.807, 2.05) is 0 Å². The predicted molar refractivity (Wildman–Crippen MR) is 151 cm³/mol. The van der Waals surface area contributed by atoms with Gasteiger partial charge in [-0.05, 0) is 46.2 Å². The summed E-state index contributed by atoms with van der Waals surface area (Å²) in [7, 11) is 5.93. The van der Waals surface area contributed by atoms with Crippen molar-refractivity contribution >= 4 is 65.9 Å². The molecule has 38 heavy (non-hydrogen) atoms. The number of esters is 1. The largest absolute Gasteiger partial charge is 0.467 e. The molecule has 0 aromatic rings. The van der Waals surface area contributed by atoms with Gasteiger partial charge in [0, 0.05) is 31.4 Å². The van der Waals surface area contributed by atoms with Crippen molar-refractivity contribution in [1.29, 1.82) is 0 Å². The quantitative estimate of drug-likeness (QED) is 0.106. The number of carbonyl (C=O) groups excluding carboxylic acids is 6. The van der Waals surface area contributed by atoms with Crippen LogP contribution in [-0.4, -0.2) is 102 Å². The highest BCUT2D eigenvalue weighted by Gasteiger charge is 2.39. The first-order valence-electron chi connectivity index (χ1n) is 12.3. The number of carbonyl (C=O) groups is 6. The summed E-state index contributed by atoms with van der Waals surface area (Å²) in [6.45, 7) is 5.91. The third-order valence-corrected chi connectivity index (χ3v) is 7.17. The molecule has 0 aromatic heterocycles. The van der Waals surface area contributed by atoms with Crippen LogP contribution in [-0.2, 0) is 33.4 Å². The van der Waals surface area contributed by atoms with E-state index in [1.165, 1.54) is 12.0 Å². The lowest BCUT2D eigenvalue weighted by atomic mass is 10.1. The number of nitrogens with one attached hydrogen (secondary N) is 3. The van der Waals surface area contributed by atoms with E-state index >= 15 is 0 Å². The molecule has 3 N–H and O–H groups in total. The van der Waals surface area contributed by atoms with Gasteiger partial charge in [-0.1, -0.05) is 0 Å². The minimum Gasteiger partial charge on any atom is -0.467 e. The number of hydrogen-bond acceptors (Lipinski definition) is 9. The predicted octanol–water partition coefficient (Wildman–Crippen LogP) is 0.435. The number of thioether (sulfide) groups is 1. The van der Waals surface area contributed by atoms with E-state index in [2.05, 4.69) is 34.4 Å². The van der Waals surface area contributed by atoms with Crippen molar-refractivity contribution in [3.05, 3.63) is 0 Å². The molecule has 0 aliphatic carbocycles. The van der Waals surface area contributed by atoms with Crippen molar-refractivity contribution in [2.75, 3.05) is 38.3 Å². The number of amides is 5. The summed E-state index contributed by atoms with van der Waals surface area (Å²) in [6, 6.07) is -2.01. The van der Waals surface area contributed by atoms with Crippen LogP contribution < -0.4 is 16.0 Å². The number of methoxy groups -OCH3 is 1. The van der Waals surface area contributed by atoms with Gasteiger partial charge in [0.25, 0.3) is 0 Å². The highest BCUT2D eigenvalue weighted by Crippen LogP contribution is 2.26. The Hall–Kier alpha value is -1.97. The van der Waals surface area contributed by atoms with Crippen LogP contribution in [0.1, 0.15) is 46.5 Å². The number of hydrogen-bond donors (Lipinski definition) is 3. The van der Waals surface area contributed by atoms with Crippen LogP contribution in [0.15, 0.2) is 0 Å². The molecule has 1 aliphatic rings. The van der Waals surface area contributed by atoms with Gasteiger partial charge in [-0.2, -0.15) is 0 Å². The topological polar surface area (TPSA) is 160 Å². The molecule has 5 atom stereocenters. The molecule has 1 saturated heterocycles. The molecule has 12 nitrogen and oxygen atoms in total. The second kappa shape index (κ2) is 16.9. The van der Waals surface area contributed by atoms with Crippen LogP contribution in [0.3, 0.4) is 0 Å². The average molecular weight is 595 g/mol. The molecular formula is C23H40N4O8P2S. The zero-order chi connectivity index (χ0) is 28.9. The van der Waals surface area contributed by atoms with Gasteiger partial charge in [0.05, 0.1) is 12.4 Å². The molecule has 1 aliphatic heterocycles. The molecule has 1 heterocycles. The van der Waals surface area contributed by atoms with Crippen LogP contribution in [0.25, 0.3) is 0 Å². The molecule has 0 bridgehead atoms. The first kappa shape index (κ1) is 34.1. The lowest BCUT2D eigenvalue weighted by Gasteiger charge is -2.23. The number of rotatable bonds is 15. The second-order valence-electron chi connectivity index (χ2n) is 9.53. The maximum atomic E-state index is 13.0. The van der Waals surface area contributed by atoms with Crippen LogP contribution in [0.5, 0.6) is 0 Å². The number of alkyl carbamates (subject to hydrolysis) is 1. The minimum absolute atomic E-state index is 0.0148. The van der Waals surface area contributed by atoms with Gasteiger partial charge in [-0.3, -0.25) is 24.1 Å². The second-order valence-corrected chi connectivity index (χ2v) is 11.8. The van der Waals surface area contributed by atoms with Crippen LogP contribution in [0.2, 0.25) is 0 Å². The molecule has 0 saturated carbocycles. The van der Waals surface area contributed by atoms with Gasteiger partial charge < -0.3 is 25.4 Å². The number of nitrogens with zero attached hydrogens (tertiary/aromatic N) is 1. The standard InChI is InChI=1S/C23H40N4O8P2S/c1-23(2,3)35-22(33)24-8-6-5-7-14(25-17(28)12-37)19(30)26-15(21(32)34-4)13-38-16-11-18(29)27(9-10-36)20(16)31/h14-16H,5-13,36-37H2,1-4H3,(H,24,33)(H,25,28)(H,26,30). The van der Waals surface area contributed by atoms with Crippen LogP contribution in [0.4, 0.5) is 4.79 Å². The fourth-order valence-electron chi connectivity index (χ4n) is 3.44. The van der Waals surface area contributed by atoms with E-state index in [9.17, 15) is 28.8 Å². The highest BCUT2D eigenvalue weighted by molar-refractivity contribution is 8.00. The van der Waals surface area contributed by atoms with Crippen molar-refractivity contribution in [2.45, 2.75) is 69.4 Å². The van der Waals surface area contributed by atoms with E-state index in [1.54, 1.807) is 20.8 Å². The Labute approximate surface area is 232 Å². The zero-order valence-corrected chi connectivity index (χ0v) is 25.5. The Balaban J connectivity index is 2.71. The van der Waals surface area contributed by atoms with Crippen molar-refractivity contribution in [3.8, 4) is 0 Å². The monoisotopic (exact) mass is 594 g/mol. The smallest absolute Gasteiger partial charge is 0.407 e. The van der Waals surface area contributed by atoms with Gasteiger partial charge in [0.1, 0.15) is 17.7 Å². The summed E-state index contributed by atoms with van der Waals surface area (Å²) >= 11 is 1.10.